The Balaban J connectivity index is 1.56. The summed E-state index contributed by atoms with van der Waals surface area (Å²) in [6.07, 6.45) is 13.7. The average Bonchev–Trinajstić information content (AvgIpc) is 2.88. The maximum Gasteiger partial charge on any atom is 0.141 e. The van der Waals surface area contributed by atoms with Crippen LogP contribution in [0.25, 0.3) is 0 Å². The molecule has 2 heterocycles. The Morgan fingerprint density at radius 2 is 1.90 bits per heavy atom. The monoisotopic (exact) mass is 518 g/mol. The van der Waals surface area contributed by atoms with E-state index in [9.17, 15) is 4.39 Å². The highest BCUT2D eigenvalue weighted by Gasteiger charge is 2.24. The van der Waals surface area contributed by atoms with E-state index in [1.54, 1.807) is 13.0 Å². The van der Waals surface area contributed by atoms with E-state index in [0.29, 0.717) is 29.1 Å². The summed E-state index contributed by atoms with van der Waals surface area (Å²) in [5, 5.41) is 12.3. The van der Waals surface area contributed by atoms with Crippen molar-refractivity contribution in [3.63, 3.8) is 0 Å². The van der Waals surface area contributed by atoms with Crippen LogP contribution < -0.4 is 16.0 Å². The van der Waals surface area contributed by atoms with Gasteiger partial charge < -0.3 is 16.0 Å². The largest absolute Gasteiger partial charge is 0.383 e. The van der Waals surface area contributed by atoms with E-state index in [1.165, 1.54) is 29.6 Å². The summed E-state index contributed by atoms with van der Waals surface area (Å²) in [5.41, 5.74) is 14.2. The maximum absolute atomic E-state index is 14.2. The van der Waals surface area contributed by atoms with E-state index < -0.39 is 5.82 Å². The fourth-order valence-corrected chi connectivity index (χ4v) is 4.98. The van der Waals surface area contributed by atoms with Gasteiger partial charge in [0.05, 0.1) is 17.8 Å². The second kappa shape index (κ2) is 10.9. The zero-order chi connectivity index (χ0) is 27.5. The molecular weight excluding hydrogens is 487 g/mol. The molecule has 5 rings (SSSR count). The van der Waals surface area contributed by atoms with Gasteiger partial charge in [0, 0.05) is 22.6 Å². The number of para-hydroxylation sites is 1. The highest BCUT2D eigenvalue weighted by atomic mass is 19.1. The molecule has 0 atom stereocenters. The molecule has 1 aliphatic carbocycles. The second-order valence-corrected chi connectivity index (χ2v) is 9.75. The molecule has 3 aromatic rings. The van der Waals surface area contributed by atoms with Crippen molar-refractivity contribution in [2.45, 2.75) is 26.7 Å². The topological polar surface area (TPSA) is 90.9 Å². The van der Waals surface area contributed by atoms with Gasteiger partial charge in [0.25, 0.3) is 0 Å². The van der Waals surface area contributed by atoms with Crippen LogP contribution in [0, 0.1) is 25.1 Å². The fraction of sp³-hybridized carbons (Fsp3) is 0.156. The summed E-state index contributed by atoms with van der Waals surface area (Å²) in [4.78, 5) is 10.7. The Kier molecular flexibility index (Phi) is 7.23. The Morgan fingerprint density at radius 1 is 1.10 bits per heavy atom. The third-order valence-electron chi connectivity index (χ3n) is 6.93. The standard InChI is InChI=1S/C32H31FN6/c1-20-14-25(17-26(33)15-20)30(34)29-31(35)37-19-38-32(29)36-18-27-16-23-9-5-6-10-24(13-12-23)22(3)39(27)28-11-7-4-8-21(28)2/h4-11,14-17,19,34H,3,12-13,18H2,1-2H3,(H3,35,36,37,38)/b6-5-,23-9-,24-10?,27-16-,34-30?. The first-order valence-electron chi connectivity index (χ1n) is 12.8. The highest BCUT2D eigenvalue weighted by Crippen LogP contribution is 2.36. The first kappa shape index (κ1) is 25.9. The number of aryl methyl sites for hydroxylation is 2. The molecular formula is C32H31FN6. The van der Waals surface area contributed by atoms with Gasteiger partial charge in [0.2, 0.25) is 0 Å². The number of hydrogen-bond donors (Lipinski definition) is 3. The van der Waals surface area contributed by atoms with Gasteiger partial charge in [0.15, 0.2) is 0 Å². The van der Waals surface area contributed by atoms with Crippen molar-refractivity contribution in [2.24, 2.45) is 0 Å². The smallest absolute Gasteiger partial charge is 0.141 e. The minimum Gasteiger partial charge on any atom is -0.383 e. The summed E-state index contributed by atoms with van der Waals surface area (Å²) >= 11 is 0. The number of nitrogens with two attached hydrogens (primary N) is 1. The van der Waals surface area contributed by atoms with Crippen LogP contribution in [-0.4, -0.2) is 22.2 Å². The molecule has 4 N–H and O–H groups in total. The van der Waals surface area contributed by atoms with Gasteiger partial charge in [-0.25, -0.2) is 14.4 Å². The number of rotatable bonds is 6. The molecule has 1 aromatic heterocycles. The number of nitrogens with zero attached hydrogens (tertiary/aromatic N) is 3. The van der Waals surface area contributed by atoms with Gasteiger partial charge >= 0.3 is 0 Å². The predicted octanol–water partition coefficient (Wildman–Crippen LogP) is 6.76. The van der Waals surface area contributed by atoms with Crippen molar-refractivity contribution in [1.29, 1.82) is 5.41 Å². The summed E-state index contributed by atoms with van der Waals surface area (Å²) in [7, 11) is 0. The van der Waals surface area contributed by atoms with E-state index in [4.69, 9.17) is 11.1 Å². The summed E-state index contributed by atoms with van der Waals surface area (Å²) in [5.74, 6) is 0.142. The molecule has 2 bridgehead atoms. The van der Waals surface area contributed by atoms with Crippen molar-refractivity contribution < 1.29 is 4.39 Å². The minimum atomic E-state index is -0.412. The molecule has 0 unspecified atom stereocenters. The van der Waals surface area contributed by atoms with Crippen LogP contribution in [0.1, 0.15) is 35.1 Å². The second-order valence-electron chi connectivity index (χ2n) is 9.75. The van der Waals surface area contributed by atoms with Gasteiger partial charge in [-0.1, -0.05) is 49.1 Å². The minimum absolute atomic E-state index is 0.0513. The van der Waals surface area contributed by atoms with E-state index in [0.717, 1.165) is 35.5 Å². The van der Waals surface area contributed by atoms with Crippen molar-refractivity contribution in [2.75, 3.05) is 22.5 Å². The molecule has 6 nitrogen and oxygen atoms in total. The number of anilines is 3. The van der Waals surface area contributed by atoms with Crippen LogP contribution >= 0.6 is 0 Å². The van der Waals surface area contributed by atoms with Crippen LogP contribution in [0.2, 0.25) is 0 Å². The van der Waals surface area contributed by atoms with Crippen molar-refractivity contribution >= 4 is 23.0 Å². The lowest BCUT2D eigenvalue weighted by Gasteiger charge is -2.34. The van der Waals surface area contributed by atoms with Crippen LogP contribution in [0.5, 0.6) is 0 Å². The van der Waals surface area contributed by atoms with Crippen molar-refractivity contribution in [3.8, 4) is 0 Å². The number of hydrogen-bond acceptors (Lipinski definition) is 6. The van der Waals surface area contributed by atoms with Crippen LogP contribution in [0.3, 0.4) is 0 Å². The number of benzene rings is 2. The van der Waals surface area contributed by atoms with Gasteiger partial charge in [-0.15, -0.1) is 0 Å². The third kappa shape index (κ3) is 5.43. The first-order valence-corrected chi connectivity index (χ1v) is 12.8. The SMILES string of the molecule is C=C1C2=C\C=C/C=C(\C=C(\CNc3ncnc(N)c3C(=N)c3cc(C)cc(F)c3)N1c1ccccc1C)CC2. The molecule has 0 saturated carbocycles. The molecule has 196 valence electrons. The van der Waals surface area contributed by atoms with Gasteiger partial charge in [-0.3, -0.25) is 5.41 Å². The maximum atomic E-state index is 14.2. The average molecular weight is 519 g/mol. The molecule has 0 saturated heterocycles. The van der Waals surface area contributed by atoms with E-state index in [1.807, 2.05) is 12.1 Å². The van der Waals surface area contributed by atoms with Crippen molar-refractivity contribution in [3.05, 3.63) is 136 Å². The van der Waals surface area contributed by atoms with E-state index >= 15 is 0 Å². The number of aromatic nitrogens is 2. The lowest BCUT2D eigenvalue weighted by atomic mass is 9.94. The molecule has 39 heavy (non-hydrogen) atoms. The molecule has 0 radical (unpaired) electrons. The predicted molar refractivity (Wildman–Crippen MR) is 157 cm³/mol. The van der Waals surface area contributed by atoms with E-state index in [2.05, 4.69) is 76.2 Å². The number of fused-ring (bicyclic) bond motifs is 3. The van der Waals surface area contributed by atoms with E-state index in [-0.39, 0.29) is 11.5 Å². The highest BCUT2D eigenvalue weighted by molar-refractivity contribution is 6.16. The van der Waals surface area contributed by atoms with Crippen LogP contribution in [-0.2, 0) is 0 Å². The number of halogens is 1. The Bertz CT molecular complexity index is 1570. The number of allylic oxidation sites excluding steroid dienone is 7. The summed E-state index contributed by atoms with van der Waals surface area (Å²) < 4.78 is 14.2. The molecule has 0 amide bonds. The van der Waals surface area contributed by atoms with Crippen LogP contribution in [0.15, 0.2) is 108 Å². The Labute approximate surface area is 228 Å². The zero-order valence-electron chi connectivity index (χ0n) is 22.1. The van der Waals surface area contributed by atoms with Crippen molar-refractivity contribution in [1.82, 2.24) is 9.97 Å². The zero-order valence-corrected chi connectivity index (χ0v) is 22.1. The molecule has 7 heteroatoms. The first-order chi connectivity index (χ1) is 18.8. The fourth-order valence-electron chi connectivity index (χ4n) is 4.98. The molecule has 1 aliphatic heterocycles. The third-order valence-corrected chi connectivity index (χ3v) is 6.93. The Hall–Kier alpha value is -4.78. The lowest BCUT2D eigenvalue weighted by molar-refractivity contribution is 0.626. The molecule has 0 fully saturated rings. The van der Waals surface area contributed by atoms with Gasteiger partial charge in [0.1, 0.15) is 23.8 Å². The molecule has 2 aliphatic rings. The quantitative estimate of drug-likeness (QED) is 0.314. The molecule has 0 spiro atoms. The number of nitrogen functional groups attached to an aromatic ring is 1. The van der Waals surface area contributed by atoms with Gasteiger partial charge in [-0.05, 0) is 79.3 Å². The normalized spacial score (nSPS) is 18.5. The van der Waals surface area contributed by atoms with Crippen LogP contribution in [0.4, 0.5) is 21.7 Å². The number of nitrogens with one attached hydrogen (secondary N) is 2. The molecule has 2 aromatic carbocycles. The summed E-state index contributed by atoms with van der Waals surface area (Å²) in [6.45, 7) is 8.76. The Morgan fingerprint density at radius 3 is 2.69 bits per heavy atom. The van der Waals surface area contributed by atoms with Gasteiger partial charge in [-0.2, -0.15) is 0 Å². The lowest BCUT2D eigenvalue weighted by Crippen LogP contribution is -2.29. The summed E-state index contributed by atoms with van der Waals surface area (Å²) in [6, 6.07) is 12.7.